The third-order valence-electron chi connectivity index (χ3n) is 6.46. The van der Waals surface area contributed by atoms with Crippen molar-refractivity contribution in [2.45, 2.75) is 19.4 Å². The molecular weight excluding hydrogens is 434 g/mol. The van der Waals surface area contributed by atoms with Gasteiger partial charge in [0.1, 0.15) is 5.01 Å². The predicted molar refractivity (Wildman–Crippen MR) is 131 cm³/mol. The molecule has 0 saturated carbocycles. The Bertz CT molecular complexity index is 1080. The van der Waals surface area contributed by atoms with Crippen molar-refractivity contribution in [2.24, 2.45) is 5.92 Å². The van der Waals surface area contributed by atoms with Crippen molar-refractivity contribution < 1.29 is 9.59 Å². The van der Waals surface area contributed by atoms with Crippen molar-refractivity contribution in [2.75, 3.05) is 44.6 Å². The van der Waals surface area contributed by atoms with Crippen molar-refractivity contribution in [3.63, 3.8) is 0 Å². The van der Waals surface area contributed by atoms with Crippen molar-refractivity contribution >= 4 is 39.2 Å². The third-order valence-corrected chi connectivity index (χ3v) is 7.49. The van der Waals surface area contributed by atoms with Gasteiger partial charge in [-0.05, 0) is 37.1 Å². The maximum Gasteiger partial charge on any atom is 0.321 e. The van der Waals surface area contributed by atoms with Crippen molar-refractivity contribution in [3.8, 4) is 0 Å². The lowest BCUT2D eigenvalue weighted by atomic mass is 9.96. The zero-order chi connectivity index (χ0) is 22.6. The molecule has 0 radical (unpaired) electrons. The van der Waals surface area contributed by atoms with E-state index in [2.05, 4.69) is 22.3 Å². The first kappa shape index (κ1) is 21.9. The van der Waals surface area contributed by atoms with Crippen LogP contribution < -0.4 is 5.32 Å². The van der Waals surface area contributed by atoms with Crippen molar-refractivity contribution in [1.82, 2.24) is 19.7 Å². The first-order valence-electron chi connectivity index (χ1n) is 11.6. The van der Waals surface area contributed by atoms with Crippen LogP contribution in [0.4, 0.5) is 10.5 Å². The summed E-state index contributed by atoms with van der Waals surface area (Å²) in [5.41, 5.74) is 1.84. The molecule has 0 spiro atoms. The molecule has 3 heterocycles. The van der Waals surface area contributed by atoms with E-state index in [1.165, 1.54) is 4.70 Å². The van der Waals surface area contributed by atoms with Crippen LogP contribution in [0.5, 0.6) is 0 Å². The zero-order valence-electron chi connectivity index (χ0n) is 18.7. The van der Waals surface area contributed by atoms with Crippen molar-refractivity contribution in [3.05, 3.63) is 59.6 Å². The predicted octanol–water partition coefficient (Wildman–Crippen LogP) is 3.88. The van der Waals surface area contributed by atoms with Gasteiger partial charge in [-0.2, -0.15) is 0 Å². The maximum atomic E-state index is 13.2. The highest BCUT2D eigenvalue weighted by Crippen LogP contribution is 2.24. The molecule has 2 saturated heterocycles. The summed E-state index contributed by atoms with van der Waals surface area (Å²) in [6, 6.07) is 17.6. The Balaban J connectivity index is 1.12. The minimum atomic E-state index is -0.126. The highest BCUT2D eigenvalue weighted by atomic mass is 32.1. The van der Waals surface area contributed by atoms with E-state index in [1.807, 2.05) is 47.4 Å². The summed E-state index contributed by atoms with van der Waals surface area (Å²) in [5, 5.41) is 4.07. The van der Waals surface area contributed by atoms with Gasteiger partial charge in [0, 0.05) is 45.0 Å². The smallest absolute Gasteiger partial charge is 0.321 e. The van der Waals surface area contributed by atoms with Crippen LogP contribution in [0.15, 0.2) is 54.6 Å². The number of thiazole rings is 1. The quantitative estimate of drug-likeness (QED) is 0.638. The number of hydrogen-bond donors (Lipinski definition) is 1. The molecule has 1 N–H and O–H groups in total. The lowest BCUT2D eigenvalue weighted by molar-refractivity contribution is -0.138. The molecule has 172 valence electrons. The summed E-state index contributed by atoms with van der Waals surface area (Å²) in [7, 11) is 0. The number of fused-ring (bicyclic) bond motifs is 1. The van der Waals surface area contributed by atoms with Gasteiger partial charge < -0.3 is 15.1 Å². The number of para-hydroxylation sites is 2. The molecule has 7 nitrogen and oxygen atoms in total. The van der Waals surface area contributed by atoms with Crippen LogP contribution in [-0.2, 0) is 11.3 Å². The van der Waals surface area contributed by atoms with Crippen molar-refractivity contribution in [1.29, 1.82) is 0 Å². The molecule has 33 heavy (non-hydrogen) atoms. The highest BCUT2D eigenvalue weighted by Gasteiger charge is 2.32. The minimum Gasteiger partial charge on any atom is -0.340 e. The zero-order valence-corrected chi connectivity index (χ0v) is 19.5. The molecule has 1 atom stereocenters. The van der Waals surface area contributed by atoms with Crippen LogP contribution in [0, 0.1) is 5.92 Å². The van der Waals surface area contributed by atoms with Crippen LogP contribution in [0.25, 0.3) is 10.2 Å². The van der Waals surface area contributed by atoms with Crippen LogP contribution in [0.1, 0.15) is 17.8 Å². The number of amides is 3. The van der Waals surface area contributed by atoms with Gasteiger partial charge in [-0.1, -0.05) is 30.3 Å². The second-order valence-electron chi connectivity index (χ2n) is 8.76. The SMILES string of the molecule is O=C(Nc1ccccc1)N1CCC[C@@H](C(=O)N2CCN(Cc3nc4ccccc4s3)CC2)C1. The third kappa shape index (κ3) is 5.17. The molecule has 0 bridgehead atoms. The number of rotatable bonds is 4. The van der Waals surface area contributed by atoms with Gasteiger partial charge in [-0.15, -0.1) is 11.3 Å². The van der Waals surface area contributed by atoms with E-state index in [9.17, 15) is 9.59 Å². The molecule has 5 rings (SSSR count). The average Bonchev–Trinajstić information content (AvgIpc) is 3.27. The number of hydrogen-bond acceptors (Lipinski definition) is 5. The number of piperidine rings is 1. The Labute approximate surface area is 198 Å². The van der Waals surface area contributed by atoms with Gasteiger partial charge >= 0.3 is 6.03 Å². The molecule has 8 heteroatoms. The number of benzene rings is 2. The summed E-state index contributed by atoms with van der Waals surface area (Å²) in [5.74, 6) is 0.0722. The topological polar surface area (TPSA) is 68.8 Å². The fraction of sp³-hybridized carbons (Fsp3) is 0.400. The van der Waals surface area contributed by atoms with E-state index >= 15 is 0 Å². The second kappa shape index (κ2) is 9.89. The summed E-state index contributed by atoms with van der Waals surface area (Å²) < 4.78 is 1.22. The number of likely N-dealkylation sites (tertiary alicyclic amines) is 1. The van der Waals surface area contributed by atoms with Gasteiger partial charge in [0.15, 0.2) is 0 Å². The van der Waals surface area contributed by atoms with E-state index in [-0.39, 0.29) is 17.9 Å². The average molecular weight is 464 g/mol. The Kier molecular flexibility index (Phi) is 6.55. The number of urea groups is 1. The van der Waals surface area contributed by atoms with Crippen LogP contribution in [-0.4, -0.2) is 70.9 Å². The van der Waals surface area contributed by atoms with Crippen LogP contribution in [0.3, 0.4) is 0 Å². The fourth-order valence-electron chi connectivity index (χ4n) is 4.65. The first-order chi connectivity index (χ1) is 16.2. The van der Waals surface area contributed by atoms with Gasteiger partial charge in [-0.3, -0.25) is 9.69 Å². The fourth-order valence-corrected chi connectivity index (χ4v) is 5.66. The Hall–Kier alpha value is -2.97. The summed E-state index contributed by atoms with van der Waals surface area (Å²) >= 11 is 1.75. The molecule has 1 aromatic heterocycles. The monoisotopic (exact) mass is 463 g/mol. The largest absolute Gasteiger partial charge is 0.340 e. The number of aromatic nitrogens is 1. The summed E-state index contributed by atoms with van der Waals surface area (Å²) in [6.07, 6.45) is 1.70. The lowest BCUT2D eigenvalue weighted by Gasteiger charge is -2.38. The highest BCUT2D eigenvalue weighted by molar-refractivity contribution is 7.18. The van der Waals surface area contributed by atoms with Gasteiger partial charge in [-0.25, -0.2) is 9.78 Å². The molecule has 3 amide bonds. The maximum absolute atomic E-state index is 13.2. The number of nitrogens with one attached hydrogen (secondary N) is 1. The molecule has 2 aliphatic rings. The molecule has 0 aliphatic carbocycles. The Morgan fingerprint density at radius 1 is 0.939 bits per heavy atom. The van der Waals surface area contributed by atoms with Gasteiger partial charge in [0.2, 0.25) is 5.91 Å². The van der Waals surface area contributed by atoms with Gasteiger partial charge in [0.05, 0.1) is 22.7 Å². The number of nitrogens with zero attached hydrogens (tertiary/aromatic N) is 4. The summed E-state index contributed by atoms with van der Waals surface area (Å²) in [6.45, 7) is 5.19. The number of anilines is 1. The van der Waals surface area contributed by atoms with E-state index in [1.54, 1.807) is 16.2 Å². The molecule has 3 aromatic rings. The Morgan fingerprint density at radius 3 is 2.48 bits per heavy atom. The molecule has 0 unspecified atom stereocenters. The second-order valence-corrected chi connectivity index (χ2v) is 9.87. The Morgan fingerprint density at radius 2 is 1.70 bits per heavy atom. The van der Waals surface area contributed by atoms with Crippen LogP contribution in [0.2, 0.25) is 0 Å². The molecule has 2 fully saturated rings. The molecule has 2 aromatic carbocycles. The van der Waals surface area contributed by atoms with Gasteiger partial charge in [0.25, 0.3) is 0 Å². The normalized spacial score (nSPS) is 19.6. The van der Waals surface area contributed by atoms with E-state index < -0.39 is 0 Å². The summed E-state index contributed by atoms with van der Waals surface area (Å²) in [4.78, 5) is 36.8. The number of piperazine rings is 1. The number of carbonyl (C=O) groups excluding carboxylic acids is 2. The molecule has 2 aliphatic heterocycles. The van der Waals surface area contributed by atoms with E-state index in [4.69, 9.17) is 4.98 Å². The lowest BCUT2D eigenvalue weighted by Crippen LogP contribution is -2.53. The van der Waals surface area contributed by atoms with Crippen LogP contribution >= 0.6 is 11.3 Å². The standard InChI is InChI=1S/C25H29N5O2S/c31-24(19-7-6-12-30(17-19)25(32)26-20-8-2-1-3-9-20)29-15-13-28(14-16-29)18-23-27-21-10-4-5-11-22(21)33-23/h1-5,8-11,19H,6-7,12-18H2,(H,26,32)/t19-/m1/s1. The number of carbonyl (C=O) groups is 2. The first-order valence-corrected chi connectivity index (χ1v) is 12.4. The molecular formula is C25H29N5O2S. The van der Waals surface area contributed by atoms with E-state index in [0.717, 1.165) is 61.8 Å². The minimum absolute atomic E-state index is 0.115. The van der Waals surface area contributed by atoms with E-state index in [0.29, 0.717) is 13.1 Å².